The number of benzene rings is 1. The first-order valence-electron chi connectivity index (χ1n) is 6.94. The van der Waals surface area contributed by atoms with Crippen molar-refractivity contribution in [1.82, 2.24) is 10.3 Å². The van der Waals surface area contributed by atoms with E-state index >= 15 is 0 Å². The summed E-state index contributed by atoms with van der Waals surface area (Å²) in [5.74, 6) is -0.191. The highest BCUT2D eigenvalue weighted by atomic mass is 16.3. The molecular weight excluding hydrogens is 252 g/mol. The molecular formula is C16H20N2O2. The summed E-state index contributed by atoms with van der Waals surface area (Å²) in [4.78, 5) is 16.7. The van der Waals surface area contributed by atoms with Crippen LogP contribution in [0.25, 0.3) is 10.9 Å². The summed E-state index contributed by atoms with van der Waals surface area (Å²) >= 11 is 0. The van der Waals surface area contributed by atoms with Gasteiger partial charge in [-0.05, 0) is 25.5 Å². The number of fused-ring (bicyclic) bond motifs is 1. The van der Waals surface area contributed by atoms with E-state index in [0.29, 0.717) is 17.5 Å². The molecule has 0 saturated carbocycles. The lowest BCUT2D eigenvalue weighted by Crippen LogP contribution is -2.32. The van der Waals surface area contributed by atoms with Gasteiger partial charge in [0.15, 0.2) is 0 Å². The molecule has 1 unspecified atom stereocenters. The molecule has 20 heavy (non-hydrogen) atoms. The van der Waals surface area contributed by atoms with Gasteiger partial charge in [-0.15, -0.1) is 0 Å². The SMILES string of the molecule is CCCC(O)CNC(=O)c1cccc2ccc(C)nc12. The smallest absolute Gasteiger partial charge is 0.253 e. The Morgan fingerprint density at radius 3 is 2.90 bits per heavy atom. The van der Waals surface area contributed by atoms with Gasteiger partial charge < -0.3 is 10.4 Å². The predicted octanol–water partition coefficient (Wildman–Crippen LogP) is 2.43. The molecule has 0 radical (unpaired) electrons. The van der Waals surface area contributed by atoms with Gasteiger partial charge in [-0.25, -0.2) is 0 Å². The number of aliphatic hydroxyl groups is 1. The third-order valence-electron chi connectivity index (χ3n) is 3.22. The molecule has 0 bridgehead atoms. The highest BCUT2D eigenvalue weighted by Gasteiger charge is 2.12. The van der Waals surface area contributed by atoms with Crippen LogP contribution in [-0.4, -0.2) is 28.6 Å². The largest absolute Gasteiger partial charge is 0.391 e. The highest BCUT2D eigenvalue weighted by Crippen LogP contribution is 2.17. The summed E-state index contributed by atoms with van der Waals surface area (Å²) < 4.78 is 0. The lowest BCUT2D eigenvalue weighted by molar-refractivity contribution is 0.0911. The minimum Gasteiger partial charge on any atom is -0.391 e. The normalized spacial score (nSPS) is 12.3. The number of carbonyl (C=O) groups excluding carboxylic acids is 1. The molecule has 0 aliphatic rings. The molecule has 0 aliphatic heterocycles. The zero-order valence-corrected chi connectivity index (χ0v) is 11.9. The summed E-state index contributed by atoms with van der Waals surface area (Å²) in [6.07, 6.45) is 1.09. The molecule has 1 heterocycles. The molecule has 4 heteroatoms. The second-order valence-corrected chi connectivity index (χ2v) is 4.98. The van der Waals surface area contributed by atoms with E-state index in [9.17, 15) is 9.90 Å². The Morgan fingerprint density at radius 2 is 2.15 bits per heavy atom. The topological polar surface area (TPSA) is 62.2 Å². The van der Waals surface area contributed by atoms with Crippen LogP contribution in [0.4, 0.5) is 0 Å². The maximum absolute atomic E-state index is 12.2. The van der Waals surface area contributed by atoms with Crippen LogP contribution < -0.4 is 5.32 Å². The summed E-state index contributed by atoms with van der Waals surface area (Å²) in [5.41, 5.74) is 2.13. The molecule has 4 nitrogen and oxygen atoms in total. The third kappa shape index (κ3) is 3.33. The molecule has 0 saturated heterocycles. The molecule has 1 aromatic carbocycles. The van der Waals surface area contributed by atoms with Crippen LogP contribution in [-0.2, 0) is 0 Å². The average Bonchev–Trinajstić information content (AvgIpc) is 2.44. The first-order valence-corrected chi connectivity index (χ1v) is 6.94. The van der Waals surface area contributed by atoms with Gasteiger partial charge in [0.2, 0.25) is 0 Å². The van der Waals surface area contributed by atoms with Gasteiger partial charge in [0.05, 0.1) is 17.2 Å². The number of hydrogen-bond donors (Lipinski definition) is 2. The van der Waals surface area contributed by atoms with E-state index in [-0.39, 0.29) is 12.5 Å². The van der Waals surface area contributed by atoms with E-state index < -0.39 is 6.10 Å². The number of amides is 1. The number of rotatable bonds is 5. The van der Waals surface area contributed by atoms with Crippen molar-refractivity contribution < 1.29 is 9.90 Å². The third-order valence-corrected chi connectivity index (χ3v) is 3.22. The lowest BCUT2D eigenvalue weighted by atomic mass is 10.1. The first kappa shape index (κ1) is 14.5. The van der Waals surface area contributed by atoms with Crippen molar-refractivity contribution in [2.45, 2.75) is 32.8 Å². The monoisotopic (exact) mass is 272 g/mol. The molecule has 106 valence electrons. The number of aromatic nitrogens is 1. The van der Waals surface area contributed by atoms with Crippen LogP contribution in [0.15, 0.2) is 30.3 Å². The quantitative estimate of drug-likeness (QED) is 0.878. The van der Waals surface area contributed by atoms with Gasteiger partial charge in [0.1, 0.15) is 0 Å². The molecule has 2 aromatic rings. The molecule has 0 fully saturated rings. The molecule has 2 rings (SSSR count). The maximum atomic E-state index is 12.2. The van der Waals surface area contributed by atoms with Crippen molar-refractivity contribution >= 4 is 16.8 Å². The van der Waals surface area contributed by atoms with E-state index in [1.165, 1.54) is 0 Å². The van der Waals surface area contributed by atoms with Crippen LogP contribution in [0.2, 0.25) is 0 Å². The Bertz CT molecular complexity index is 610. The van der Waals surface area contributed by atoms with Crippen molar-refractivity contribution in [2.75, 3.05) is 6.54 Å². The Morgan fingerprint density at radius 1 is 1.35 bits per heavy atom. The van der Waals surface area contributed by atoms with E-state index in [0.717, 1.165) is 17.5 Å². The Kier molecular flexibility index (Phi) is 4.69. The van der Waals surface area contributed by atoms with Crippen LogP contribution >= 0.6 is 0 Å². The van der Waals surface area contributed by atoms with Gasteiger partial charge in [0.25, 0.3) is 5.91 Å². The van der Waals surface area contributed by atoms with Gasteiger partial charge in [-0.2, -0.15) is 0 Å². The van der Waals surface area contributed by atoms with E-state index in [1.54, 1.807) is 6.07 Å². The Hall–Kier alpha value is -1.94. The van der Waals surface area contributed by atoms with E-state index in [2.05, 4.69) is 10.3 Å². The van der Waals surface area contributed by atoms with Gasteiger partial charge >= 0.3 is 0 Å². The fraction of sp³-hybridized carbons (Fsp3) is 0.375. The Labute approximate surface area is 118 Å². The second-order valence-electron chi connectivity index (χ2n) is 4.98. The van der Waals surface area contributed by atoms with Gasteiger partial charge in [-0.3, -0.25) is 9.78 Å². The number of aliphatic hydroxyl groups excluding tert-OH is 1. The number of nitrogens with one attached hydrogen (secondary N) is 1. The number of hydrogen-bond acceptors (Lipinski definition) is 3. The standard InChI is InChI=1S/C16H20N2O2/c1-3-5-13(19)10-17-16(20)14-7-4-6-12-9-8-11(2)18-15(12)14/h4,6-9,13,19H,3,5,10H2,1-2H3,(H,17,20). The zero-order chi connectivity index (χ0) is 14.5. The molecule has 1 aromatic heterocycles. The Balaban J connectivity index is 2.19. The first-order chi connectivity index (χ1) is 9.61. The van der Waals surface area contributed by atoms with Gasteiger partial charge in [0, 0.05) is 17.6 Å². The number of para-hydroxylation sites is 1. The maximum Gasteiger partial charge on any atom is 0.253 e. The summed E-state index contributed by atoms with van der Waals surface area (Å²) in [6.45, 7) is 4.18. The second kappa shape index (κ2) is 6.48. The fourth-order valence-corrected chi connectivity index (χ4v) is 2.17. The average molecular weight is 272 g/mol. The van der Waals surface area contributed by atoms with Crippen LogP contribution in [0, 0.1) is 6.92 Å². The highest BCUT2D eigenvalue weighted by molar-refractivity contribution is 6.05. The van der Waals surface area contributed by atoms with Crippen LogP contribution in [0.5, 0.6) is 0 Å². The van der Waals surface area contributed by atoms with E-state index in [4.69, 9.17) is 0 Å². The van der Waals surface area contributed by atoms with Crippen LogP contribution in [0.1, 0.15) is 35.8 Å². The van der Waals surface area contributed by atoms with Crippen molar-refractivity contribution in [3.63, 3.8) is 0 Å². The number of nitrogens with zero attached hydrogens (tertiary/aromatic N) is 1. The predicted molar refractivity (Wildman–Crippen MR) is 79.7 cm³/mol. The number of aryl methyl sites for hydroxylation is 1. The molecule has 0 aliphatic carbocycles. The van der Waals surface area contributed by atoms with Crippen molar-refractivity contribution in [3.05, 3.63) is 41.6 Å². The summed E-state index contributed by atoms with van der Waals surface area (Å²) in [6, 6.07) is 9.42. The molecule has 1 atom stereocenters. The number of carbonyl (C=O) groups is 1. The molecule has 0 spiro atoms. The lowest BCUT2D eigenvalue weighted by Gasteiger charge is -2.11. The van der Waals surface area contributed by atoms with Crippen molar-refractivity contribution in [3.8, 4) is 0 Å². The van der Waals surface area contributed by atoms with Crippen LogP contribution in [0.3, 0.4) is 0 Å². The molecule has 2 N–H and O–H groups in total. The minimum absolute atomic E-state index is 0.191. The fourth-order valence-electron chi connectivity index (χ4n) is 2.17. The van der Waals surface area contributed by atoms with Gasteiger partial charge in [-0.1, -0.05) is 31.5 Å². The zero-order valence-electron chi connectivity index (χ0n) is 11.9. The molecule has 1 amide bonds. The van der Waals surface area contributed by atoms with Crippen molar-refractivity contribution in [1.29, 1.82) is 0 Å². The van der Waals surface area contributed by atoms with Crippen molar-refractivity contribution in [2.24, 2.45) is 0 Å². The number of pyridine rings is 1. The summed E-state index contributed by atoms with van der Waals surface area (Å²) in [7, 11) is 0. The van der Waals surface area contributed by atoms with E-state index in [1.807, 2.05) is 38.1 Å². The summed E-state index contributed by atoms with van der Waals surface area (Å²) in [5, 5.41) is 13.4. The minimum atomic E-state index is -0.492.